The van der Waals surface area contributed by atoms with Crippen LogP contribution in [0.4, 0.5) is 0 Å². The molecular formula is C13H12O7S. The molecule has 21 heavy (non-hydrogen) atoms. The minimum atomic E-state index is -5.01. The fraction of sp³-hybridized carbons (Fsp3) is 0.0769. The lowest BCUT2D eigenvalue weighted by atomic mass is 10.0. The van der Waals surface area contributed by atoms with Gasteiger partial charge < -0.3 is 10.2 Å². The number of rotatable bonds is 6. The van der Waals surface area contributed by atoms with Crippen LogP contribution in [0.15, 0.2) is 41.8 Å². The molecule has 0 amide bonds. The van der Waals surface area contributed by atoms with Gasteiger partial charge in [0, 0.05) is 0 Å². The number of carboxylic acids is 2. The normalized spacial score (nSPS) is 11.5. The summed E-state index contributed by atoms with van der Waals surface area (Å²) in [7, 11) is -5.01. The lowest BCUT2D eigenvalue weighted by Crippen LogP contribution is -2.16. The van der Waals surface area contributed by atoms with E-state index in [1.807, 2.05) is 0 Å². The molecule has 0 unspecified atom stereocenters. The van der Waals surface area contributed by atoms with Crippen LogP contribution in [0, 0.1) is 0 Å². The fourth-order valence-corrected chi connectivity index (χ4v) is 2.67. The van der Waals surface area contributed by atoms with E-state index in [1.54, 1.807) is 0 Å². The Morgan fingerprint density at radius 2 is 1.81 bits per heavy atom. The van der Waals surface area contributed by atoms with Crippen molar-refractivity contribution in [2.24, 2.45) is 0 Å². The standard InChI is InChI=1S/C13H12O7S/c1-2-3-4-5-8-6-7-9(12(14)15)11(21(18,19)20)10(8)13(16)17/h2-4,6-7H,1,5H2,(H,14,15)(H,16,17)(H,18,19,20). The first kappa shape index (κ1) is 16.6. The van der Waals surface area contributed by atoms with Crippen molar-refractivity contribution in [2.45, 2.75) is 11.3 Å². The first-order chi connectivity index (χ1) is 9.70. The van der Waals surface area contributed by atoms with Gasteiger partial charge in [0.1, 0.15) is 4.90 Å². The Balaban J connectivity index is 3.72. The zero-order valence-electron chi connectivity index (χ0n) is 10.7. The zero-order valence-corrected chi connectivity index (χ0v) is 11.5. The van der Waals surface area contributed by atoms with Gasteiger partial charge in [-0.2, -0.15) is 8.42 Å². The summed E-state index contributed by atoms with van der Waals surface area (Å²) in [6, 6.07) is 2.13. The van der Waals surface area contributed by atoms with Crippen molar-refractivity contribution in [1.82, 2.24) is 0 Å². The Labute approximate surface area is 120 Å². The summed E-state index contributed by atoms with van der Waals surface area (Å²) in [5.41, 5.74) is -1.50. The van der Waals surface area contributed by atoms with Crippen molar-refractivity contribution in [3.8, 4) is 0 Å². The Morgan fingerprint density at radius 1 is 1.19 bits per heavy atom. The van der Waals surface area contributed by atoms with Crippen LogP contribution in [0.2, 0.25) is 0 Å². The monoisotopic (exact) mass is 312 g/mol. The molecule has 0 fully saturated rings. The van der Waals surface area contributed by atoms with Gasteiger partial charge in [-0.15, -0.1) is 0 Å². The molecule has 3 N–H and O–H groups in total. The quantitative estimate of drug-likeness (QED) is 0.537. The van der Waals surface area contributed by atoms with Crippen LogP contribution in [0.5, 0.6) is 0 Å². The molecule has 1 rings (SSSR count). The van der Waals surface area contributed by atoms with Crippen LogP contribution >= 0.6 is 0 Å². The third kappa shape index (κ3) is 3.77. The van der Waals surface area contributed by atoms with Gasteiger partial charge in [0.15, 0.2) is 0 Å². The maximum Gasteiger partial charge on any atom is 0.337 e. The van der Waals surface area contributed by atoms with E-state index in [-0.39, 0.29) is 12.0 Å². The summed E-state index contributed by atoms with van der Waals surface area (Å²) in [6.07, 6.45) is 4.51. The van der Waals surface area contributed by atoms with E-state index < -0.39 is 38.1 Å². The Kier molecular flexibility index (Phi) is 5.01. The van der Waals surface area contributed by atoms with E-state index >= 15 is 0 Å². The lowest BCUT2D eigenvalue weighted by molar-refractivity contribution is 0.0688. The largest absolute Gasteiger partial charge is 0.478 e. The molecule has 8 heteroatoms. The highest BCUT2D eigenvalue weighted by Crippen LogP contribution is 2.25. The topological polar surface area (TPSA) is 129 Å². The minimum absolute atomic E-state index is 0.0378. The van der Waals surface area contributed by atoms with Crippen LogP contribution in [0.25, 0.3) is 0 Å². The van der Waals surface area contributed by atoms with Crippen molar-refractivity contribution in [3.05, 3.63) is 53.6 Å². The number of benzene rings is 1. The number of aromatic carboxylic acids is 2. The zero-order chi connectivity index (χ0) is 16.2. The Bertz CT molecular complexity index is 729. The number of hydrogen-bond acceptors (Lipinski definition) is 4. The number of hydrogen-bond donors (Lipinski definition) is 3. The summed E-state index contributed by atoms with van der Waals surface area (Å²) in [5.74, 6) is -3.30. The molecule has 0 spiro atoms. The van der Waals surface area contributed by atoms with Gasteiger partial charge >= 0.3 is 11.9 Å². The highest BCUT2D eigenvalue weighted by Gasteiger charge is 2.29. The number of carbonyl (C=O) groups is 2. The molecule has 1 aromatic carbocycles. The molecule has 0 atom stereocenters. The van der Waals surface area contributed by atoms with Gasteiger partial charge in [0.05, 0.1) is 11.1 Å². The average molecular weight is 312 g/mol. The second-order valence-electron chi connectivity index (χ2n) is 3.93. The summed E-state index contributed by atoms with van der Waals surface area (Å²) in [6.45, 7) is 3.43. The van der Waals surface area contributed by atoms with Gasteiger partial charge in [0.2, 0.25) is 0 Å². The molecule has 0 heterocycles. The van der Waals surface area contributed by atoms with Crippen molar-refractivity contribution in [3.63, 3.8) is 0 Å². The van der Waals surface area contributed by atoms with E-state index in [2.05, 4.69) is 6.58 Å². The third-order valence-electron chi connectivity index (χ3n) is 2.56. The van der Waals surface area contributed by atoms with E-state index in [9.17, 15) is 18.0 Å². The summed E-state index contributed by atoms with van der Waals surface area (Å²) in [5, 5.41) is 18.1. The summed E-state index contributed by atoms with van der Waals surface area (Å²) >= 11 is 0. The van der Waals surface area contributed by atoms with E-state index in [0.29, 0.717) is 0 Å². The maximum absolute atomic E-state index is 11.4. The van der Waals surface area contributed by atoms with Crippen LogP contribution in [0.3, 0.4) is 0 Å². The second kappa shape index (κ2) is 6.33. The molecule has 0 aliphatic rings. The highest BCUT2D eigenvalue weighted by atomic mass is 32.2. The highest BCUT2D eigenvalue weighted by molar-refractivity contribution is 7.86. The van der Waals surface area contributed by atoms with Gasteiger partial charge in [-0.3, -0.25) is 4.55 Å². The van der Waals surface area contributed by atoms with Gasteiger partial charge in [-0.25, -0.2) is 9.59 Å². The summed E-state index contributed by atoms with van der Waals surface area (Å²) < 4.78 is 31.9. The Hall–Kier alpha value is -2.45. The molecule has 0 aliphatic heterocycles. The minimum Gasteiger partial charge on any atom is -0.478 e. The molecule has 7 nitrogen and oxygen atoms in total. The van der Waals surface area contributed by atoms with Gasteiger partial charge in [-0.1, -0.05) is 30.9 Å². The predicted octanol–water partition coefficient (Wildman–Crippen LogP) is 1.61. The molecule has 0 radical (unpaired) electrons. The van der Waals surface area contributed by atoms with E-state index in [4.69, 9.17) is 14.8 Å². The Morgan fingerprint density at radius 3 is 2.24 bits per heavy atom. The third-order valence-corrected chi connectivity index (χ3v) is 3.50. The van der Waals surface area contributed by atoms with Crippen LogP contribution in [-0.4, -0.2) is 35.1 Å². The smallest absolute Gasteiger partial charge is 0.337 e. The molecule has 1 aromatic rings. The number of allylic oxidation sites excluding steroid dienone is 3. The van der Waals surface area contributed by atoms with Crippen molar-refractivity contribution in [2.75, 3.05) is 0 Å². The van der Waals surface area contributed by atoms with Crippen LogP contribution in [0.1, 0.15) is 26.3 Å². The first-order valence-corrected chi connectivity index (χ1v) is 7.01. The van der Waals surface area contributed by atoms with Crippen molar-refractivity contribution in [1.29, 1.82) is 0 Å². The molecule has 0 saturated heterocycles. The molecule has 0 aromatic heterocycles. The van der Waals surface area contributed by atoms with E-state index in [1.165, 1.54) is 24.3 Å². The number of carboxylic acid groups (broad SMARTS) is 2. The van der Waals surface area contributed by atoms with Gasteiger partial charge in [-0.05, 0) is 18.1 Å². The van der Waals surface area contributed by atoms with Gasteiger partial charge in [0.25, 0.3) is 10.1 Å². The summed E-state index contributed by atoms with van der Waals surface area (Å²) in [4.78, 5) is 21.2. The predicted molar refractivity (Wildman–Crippen MR) is 73.2 cm³/mol. The first-order valence-electron chi connectivity index (χ1n) is 5.57. The molecule has 0 saturated carbocycles. The molecule has 112 valence electrons. The molecular weight excluding hydrogens is 300 g/mol. The van der Waals surface area contributed by atoms with E-state index in [0.717, 1.165) is 6.07 Å². The van der Waals surface area contributed by atoms with Crippen LogP contribution < -0.4 is 0 Å². The maximum atomic E-state index is 11.4. The lowest BCUT2D eigenvalue weighted by Gasteiger charge is -2.11. The molecule has 0 aliphatic carbocycles. The SMILES string of the molecule is C=CC=CCc1ccc(C(=O)O)c(S(=O)(=O)O)c1C(=O)O. The van der Waals surface area contributed by atoms with Crippen molar-refractivity contribution < 1.29 is 32.8 Å². The average Bonchev–Trinajstić information content (AvgIpc) is 2.36. The second-order valence-corrected chi connectivity index (χ2v) is 5.29. The molecule has 0 bridgehead atoms. The van der Waals surface area contributed by atoms with Crippen molar-refractivity contribution >= 4 is 22.1 Å². The fourth-order valence-electron chi connectivity index (χ4n) is 1.76. The van der Waals surface area contributed by atoms with Crippen LogP contribution in [-0.2, 0) is 16.5 Å².